The first-order chi connectivity index (χ1) is 14.3. The molecule has 0 fully saturated rings. The highest BCUT2D eigenvalue weighted by atomic mass is 16.3. The summed E-state index contributed by atoms with van der Waals surface area (Å²) >= 11 is 0. The summed E-state index contributed by atoms with van der Waals surface area (Å²) in [6, 6.07) is 5.97. The van der Waals surface area contributed by atoms with Crippen molar-refractivity contribution in [3.8, 4) is 0 Å². The summed E-state index contributed by atoms with van der Waals surface area (Å²) in [5.41, 5.74) is 2.72. The minimum Gasteiger partial charge on any atom is -0.373 e. The van der Waals surface area contributed by atoms with Crippen LogP contribution in [0.25, 0.3) is 0 Å². The first-order valence-electron chi connectivity index (χ1n) is 10.9. The molecule has 0 spiro atoms. The van der Waals surface area contributed by atoms with Crippen molar-refractivity contribution in [3.05, 3.63) is 29.6 Å². The van der Waals surface area contributed by atoms with Gasteiger partial charge in [0, 0.05) is 29.8 Å². The van der Waals surface area contributed by atoms with Gasteiger partial charge in [0.05, 0.1) is 0 Å². The van der Waals surface area contributed by atoms with Crippen LogP contribution in [0.5, 0.6) is 0 Å². The Hall–Kier alpha value is -2.45. The number of fused-ring (bicyclic) bond motifs is 1. The predicted molar refractivity (Wildman–Crippen MR) is 122 cm³/mol. The van der Waals surface area contributed by atoms with Crippen LogP contribution in [0.15, 0.2) is 18.2 Å². The number of hydrogen-bond donors (Lipinski definition) is 4. The number of aromatic nitrogens is 3. The van der Waals surface area contributed by atoms with Crippen LogP contribution in [0.2, 0.25) is 0 Å². The van der Waals surface area contributed by atoms with Gasteiger partial charge in [-0.3, -0.25) is 0 Å². The summed E-state index contributed by atoms with van der Waals surface area (Å²) in [6.45, 7) is 14.6. The standard InChI is InChI=1S/C22H35N7O/c1-6-29(7-2)12-8-11-23-20-26-19(22(3,4)5)27-21(28-20)24-16-10-9-15-13-18(30)25-17(15)14-16/h9-10,14,18,25,30H,6-8,11-13H2,1-5H3,(H2,23,24,26,27,28). The minimum absolute atomic E-state index is 0.194. The Kier molecular flexibility index (Phi) is 7.10. The average Bonchev–Trinajstić information content (AvgIpc) is 3.06. The molecule has 0 radical (unpaired) electrons. The highest BCUT2D eigenvalue weighted by Crippen LogP contribution is 2.29. The second-order valence-corrected chi connectivity index (χ2v) is 8.72. The number of anilines is 4. The molecule has 8 nitrogen and oxygen atoms in total. The van der Waals surface area contributed by atoms with E-state index in [1.165, 1.54) is 0 Å². The molecule has 2 aromatic rings. The number of benzene rings is 1. The summed E-state index contributed by atoms with van der Waals surface area (Å²) in [5, 5.41) is 19.5. The maximum Gasteiger partial charge on any atom is 0.232 e. The summed E-state index contributed by atoms with van der Waals surface area (Å²) in [7, 11) is 0. The van der Waals surface area contributed by atoms with Crippen molar-refractivity contribution >= 4 is 23.3 Å². The fraction of sp³-hybridized carbons (Fsp3) is 0.591. The van der Waals surface area contributed by atoms with Gasteiger partial charge in [0.25, 0.3) is 0 Å². The van der Waals surface area contributed by atoms with Crippen molar-refractivity contribution in [3.63, 3.8) is 0 Å². The van der Waals surface area contributed by atoms with E-state index in [2.05, 4.69) is 70.4 Å². The number of rotatable bonds is 9. The van der Waals surface area contributed by atoms with E-state index in [9.17, 15) is 5.11 Å². The van der Waals surface area contributed by atoms with Gasteiger partial charge in [-0.2, -0.15) is 15.0 Å². The Morgan fingerprint density at radius 2 is 1.87 bits per heavy atom. The van der Waals surface area contributed by atoms with Gasteiger partial charge in [-0.05, 0) is 43.8 Å². The Bertz CT molecular complexity index is 846. The average molecular weight is 414 g/mol. The van der Waals surface area contributed by atoms with Crippen molar-refractivity contribution in [1.29, 1.82) is 0 Å². The Morgan fingerprint density at radius 3 is 2.57 bits per heavy atom. The second kappa shape index (κ2) is 9.57. The van der Waals surface area contributed by atoms with Gasteiger partial charge in [-0.25, -0.2) is 0 Å². The largest absolute Gasteiger partial charge is 0.373 e. The topological polar surface area (TPSA) is 98.2 Å². The second-order valence-electron chi connectivity index (χ2n) is 8.72. The SMILES string of the molecule is CCN(CC)CCCNc1nc(Nc2ccc3c(c2)NC(O)C3)nc(C(C)(C)C)n1. The minimum atomic E-state index is -0.521. The van der Waals surface area contributed by atoms with Gasteiger partial charge >= 0.3 is 0 Å². The van der Waals surface area contributed by atoms with Crippen LogP contribution in [0.3, 0.4) is 0 Å². The number of nitrogens with zero attached hydrogens (tertiary/aromatic N) is 4. The highest BCUT2D eigenvalue weighted by Gasteiger charge is 2.21. The third-order valence-corrected chi connectivity index (χ3v) is 5.24. The molecular formula is C22H35N7O. The zero-order valence-corrected chi connectivity index (χ0v) is 18.8. The number of nitrogens with one attached hydrogen (secondary N) is 3. The molecule has 0 aliphatic carbocycles. The van der Waals surface area contributed by atoms with E-state index in [1.807, 2.05) is 18.2 Å². The summed E-state index contributed by atoms with van der Waals surface area (Å²) in [6.07, 6.45) is 1.13. The first kappa shape index (κ1) is 22.2. The van der Waals surface area contributed by atoms with Gasteiger partial charge < -0.3 is 26.0 Å². The maximum absolute atomic E-state index is 9.79. The summed E-state index contributed by atoms with van der Waals surface area (Å²) in [4.78, 5) is 16.3. The lowest BCUT2D eigenvalue weighted by molar-refractivity contribution is 0.212. The maximum atomic E-state index is 9.79. The van der Waals surface area contributed by atoms with Gasteiger partial charge in [0.1, 0.15) is 12.1 Å². The first-order valence-corrected chi connectivity index (χ1v) is 10.9. The molecule has 1 unspecified atom stereocenters. The molecule has 0 amide bonds. The van der Waals surface area contributed by atoms with Crippen LogP contribution in [0.1, 0.15) is 52.4 Å². The Balaban J connectivity index is 1.72. The van der Waals surface area contributed by atoms with E-state index in [1.54, 1.807) is 0 Å². The van der Waals surface area contributed by atoms with Crippen molar-refractivity contribution < 1.29 is 5.11 Å². The monoisotopic (exact) mass is 413 g/mol. The molecular weight excluding hydrogens is 378 g/mol. The van der Waals surface area contributed by atoms with E-state index in [0.717, 1.165) is 55.4 Å². The van der Waals surface area contributed by atoms with E-state index < -0.39 is 6.23 Å². The fourth-order valence-electron chi connectivity index (χ4n) is 3.42. The number of aliphatic hydroxyl groups is 1. The zero-order valence-electron chi connectivity index (χ0n) is 18.8. The van der Waals surface area contributed by atoms with Gasteiger partial charge in [0.15, 0.2) is 0 Å². The zero-order chi connectivity index (χ0) is 21.7. The summed E-state index contributed by atoms with van der Waals surface area (Å²) < 4.78 is 0. The molecule has 1 atom stereocenters. The third kappa shape index (κ3) is 5.79. The van der Waals surface area contributed by atoms with Crippen molar-refractivity contribution in [2.45, 2.75) is 59.1 Å². The van der Waals surface area contributed by atoms with Gasteiger partial charge in [-0.1, -0.05) is 40.7 Å². The number of aliphatic hydroxyl groups excluding tert-OH is 1. The molecule has 1 aliphatic rings. The molecule has 3 rings (SSSR count). The summed E-state index contributed by atoms with van der Waals surface area (Å²) in [5.74, 6) is 1.84. The molecule has 30 heavy (non-hydrogen) atoms. The van der Waals surface area contributed by atoms with Crippen LogP contribution in [0, 0.1) is 0 Å². The predicted octanol–water partition coefficient (Wildman–Crippen LogP) is 3.34. The lowest BCUT2D eigenvalue weighted by Gasteiger charge is -2.20. The van der Waals surface area contributed by atoms with E-state index in [4.69, 9.17) is 0 Å². The fourth-order valence-corrected chi connectivity index (χ4v) is 3.42. The van der Waals surface area contributed by atoms with E-state index >= 15 is 0 Å². The smallest absolute Gasteiger partial charge is 0.232 e. The molecule has 1 aromatic carbocycles. The third-order valence-electron chi connectivity index (χ3n) is 5.24. The molecule has 0 saturated heterocycles. The quantitative estimate of drug-likeness (QED) is 0.465. The molecule has 0 bridgehead atoms. The molecule has 1 aliphatic heterocycles. The van der Waals surface area contributed by atoms with Crippen LogP contribution in [-0.4, -0.2) is 57.4 Å². The lowest BCUT2D eigenvalue weighted by Crippen LogP contribution is -2.26. The van der Waals surface area contributed by atoms with Crippen LogP contribution < -0.4 is 16.0 Å². The molecule has 4 N–H and O–H groups in total. The van der Waals surface area contributed by atoms with Crippen LogP contribution in [0.4, 0.5) is 23.3 Å². The Labute approximate surface area is 179 Å². The van der Waals surface area contributed by atoms with E-state index in [0.29, 0.717) is 18.3 Å². The van der Waals surface area contributed by atoms with Gasteiger partial charge in [-0.15, -0.1) is 0 Å². The Morgan fingerprint density at radius 1 is 1.13 bits per heavy atom. The van der Waals surface area contributed by atoms with E-state index in [-0.39, 0.29) is 5.41 Å². The van der Waals surface area contributed by atoms with Crippen molar-refractivity contribution in [2.24, 2.45) is 0 Å². The molecule has 164 valence electrons. The van der Waals surface area contributed by atoms with Crippen molar-refractivity contribution in [1.82, 2.24) is 19.9 Å². The normalized spacial score (nSPS) is 15.8. The molecule has 8 heteroatoms. The van der Waals surface area contributed by atoms with Crippen molar-refractivity contribution in [2.75, 3.05) is 42.1 Å². The van der Waals surface area contributed by atoms with Gasteiger partial charge in [0.2, 0.25) is 11.9 Å². The number of hydrogen-bond acceptors (Lipinski definition) is 8. The van der Waals surface area contributed by atoms with Crippen LogP contribution in [-0.2, 0) is 11.8 Å². The lowest BCUT2D eigenvalue weighted by atomic mass is 9.96. The molecule has 2 heterocycles. The molecule has 1 aromatic heterocycles. The highest BCUT2D eigenvalue weighted by molar-refractivity contribution is 5.67. The molecule has 0 saturated carbocycles. The van der Waals surface area contributed by atoms with Crippen LogP contribution >= 0.6 is 0 Å².